The number of morpholine rings is 1. The number of aromatic nitrogens is 2. The number of nitrogens with zero attached hydrogens (tertiary/aromatic N) is 3. The monoisotopic (exact) mass is 299 g/mol. The molecule has 1 atom stereocenters. The van der Waals surface area contributed by atoms with E-state index in [2.05, 4.69) is 29.7 Å². The Morgan fingerprint density at radius 2 is 2.18 bits per heavy atom. The van der Waals surface area contributed by atoms with Gasteiger partial charge in [-0.1, -0.05) is 0 Å². The minimum atomic E-state index is 0.0896. The first-order valence-corrected chi connectivity index (χ1v) is 8.05. The van der Waals surface area contributed by atoms with Crippen molar-refractivity contribution in [2.24, 2.45) is 5.92 Å². The third kappa shape index (κ3) is 2.29. The van der Waals surface area contributed by atoms with Gasteiger partial charge in [0.2, 0.25) is 5.91 Å². The molecule has 1 amide bonds. The topological polar surface area (TPSA) is 46.8 Å². The number of pyridine rings is 1. The zero-order valence-corrected chi connectivity index (χ0v) is 12.9. The number of fused-ring (bicyclic) bond motifs is 3. The van der Waals surface area contributed by atoms with Crippen molar-refractivity contribution in [3.63, 3.8) is 0 Å². The molecule has 1 aliphatic heterocycles. The first-order chi connectivity index (χ1) is 10.7. The molecule has 0 spiro atoms. The van der Waals surface area contributed by atoms with Crippen LogP contribution in [0.1, 0.15) is 23.4 Å². The summed E-state index contributed by atoms with van der Waals surface area (Å²) in [6.07, 6.45) is 4.69. The lowest BCUT2D eigenvalue weighted by atomic mass is 9.88. The van der Waals surface area contributed by atoms with Gasteiger partial charge >= 0.3 is 0 Å². The zero-order chi connectivity index (χ0) is 15.1. The molecule has 2 aromatic heterocycles. The van der Waals surface area contributed by atoms with Crippen molar-refractivity contribution in [1.29, 1.82) is 0 Å². The number of carbonyl (C=O) groups excluding carboxylic acids is 1. The predicted molar refractivity (Wildman–Crippen MR) is 82.8 cm³/mol. The zero-order valence-electron chi connectivity index (χ0n) is 12.9. The summed E-state index contributed by atoms with van der Waals surface area (Å²) in [5.41, 5.74) is 4.60. The number of rotatable bonds is 1. The van der Waals surface area contributed by atoms with Gasteiger partial charge in [0.05, 0.1) is 18.9 Å². The van der Waals surface area contributed by atoms with Crippen molar-refractivity contribution in [2.45, 2.75) is 26.2 Å². The van der Waals surface area contributed by atoms with E-state index in [1.807, 2.05) is 4.90 Å². The van der Waals surface area contributed by atoms with E-state index in [0.29, 0.717) is 13.2 Å². The lowest BCUT2D eigenvalue weighted by molar-refractivity contribution is -0.140. The number of hydrogen-bond acceptors (Lipinski definition) is 3. The van der Waals surface area contributed by atoms with Crippen LogP contribution in [0.2, 0.25) is 0 Å². The van der Waals surface area contributed by atoms with E-state index >= 15 is 0 Å². The van der Waals surface area contributed by atoms with Gasteiger partial charge in [0.25, 0.3) is 0 Å². The Hall–Kier alpha value is -1.88. The Balaban J connectivity index is 1.60. The van der Waals surface area contributed by atoms with E-state index in [-0.39, 0.29) is 11.8 Å². The standard InChI is InChI=1S/C17H21N3O2/c1-12-4-5-20-15-11-13(2-3-14(15)18-16(20)10-12)17(21)19-6-8-22-9-7-19/h4-5,10,13H,2-3,6-9,11H2,1H3. The van der Waals surface area contributed by atoms with E-state index in [0.717, 1.165) is 43.7 Å². The summed E-state index contributed by atoms with van der Waals surface area (Å²) in [5, 5.41) is 0. The molecule has 5 heteroatoms. The number of imidazole rings is 1. The van der Waals surface area contributed by atoms with Crippen molar-refractivity contribution in [3.05, 3.63) is 35.3 Å². The number of ether oxygens (including phenoxy) is 1. The van der Waals surface area contributed by atoms with E-state index in [4.69, 9.17) is 9.72 Å². The van der Waals surface area contributed by atoms with Gasteiger partial charge < -0.3 is 14.0 Å². The highest BCUT2D eigenvalue weighted by molar-refractivity contribution is 5.79. The summed E-state index contributed by atoms with van der Waals surface area (Å²) in [6, 6.07) is 4.21. The van der Waals surface area contributed by atoms with Gasteiger partial charge in [0.15, 0.2) is 0 Å². The van der Waals surface area contributed by atoms with Crippen molar-refractivity contribution >= 4 is 11.6 Å². The predicted octanol–water partition coefficient (Wildman–Crippen LogP) is 1.61. The third-order valence-electron chi connectivity index (χ3n) is 4.80. The average Bonchev–Trinajstić information content (AvgIpc) is 2.91. The van der Waals surface area contributed by atoms with Gasteiger partial charge in [-0.05, 0) is 37.5 Å². The van der Waals surface area contributed by atoms with E-state index < -0.39 is 0 Å². The van der Waals surface area contributed by atoms with Gasteiger partial charge in [0.1, 0.15) is 5.65 Å². The number of amides is 1. The Morgan fingerprint density at radius 3 is 3.00 bits per heavy atom. The molecule has 0 N–H and O–H groups in total. The van der Waals surface area contributed by atoms with Gasteiger partial charge in [0, 0.05) is 37.3 Å². The fraction of sp³-hybridized carbons (Fsp3) is 0.529. The molecule has 5 nitrogen and oxygen atoms in total. The van der Waals surface area contributed by atoms with Crippen LogP contribution in [0.4, 0.5) is 0 Å². The summed E-state index contributed by atoms with van der Waals surface area (Å²) in [4.78, 5) is 19.4. The molecule has 1 saturated heterocycles. The number of hydrogen-bond donors (Lipinski definition) is 0. The molecule has 0 saturated carbocycles. The molecule has 4 rings (SSSR count). The Morgan fingerprint density at radius 1 is 1.36 bits per heavy atom. The molecular formula is C17H21N3O2. The molecule has 116 valence electrons. The van der Waals surface area contributed by atoms with Crippen LogP contribution in [0.5, 0.6) is 0 Å². The Kier molecular flexibility index (Phi) is 3.37. The molecular weight excluding hydrogens is 278 g/mol. The molecule has 1 aliphatic carbocycles. The normalized spacial score (nSPS) is 21.9. The van der Waals surface area contributed by atoms with E-state index in [9.17, 15) is 4.79 Å². The van der Waals surface area contributed by atoms with Crippen LogP contribution in [0.3, 0.4) is 0 Å². The molecule has 2 aromatic rings. The van der Waals surface area contributed by atoms with E-state index in [1.165, 1.54) is 11.3 Å². The van der Waals surface area contributed by atoms with Crippen LogP contribution >= 0.6 is 0 Å². The van der Waals surface area contributed by atoms with Gasteiger partial charge in [-0.15, -0.1) is 0 Å². The molecule has 1 fully saturated rings. The first-order valence-electron chi connectivity index (χ1n) is 8.05. The fourth-order valence-electron chi connectivity index (χ4n) is 3.56. The second-order valence-electron chi connectivity index (χ2n) is 6.31. The lowest BCUT2D eigenvalue weighted by Crippen LogP contribution is -2.45. The highest BCUT2D eigenvalue weighted by Crippen LogP contribution is 2.28. The summed E-state index contributed by atoms with van der Waals surface area (Å²) in [7, 11) is 0. The maximum atomic E-state index is 12.7. The SMILES string of the molecule is Cc1ccn2c3c(nc2c1)CCC(C(=O)N1CCOCC1)C3. The van der Waals surface area contributed by atoms with Gasteiger partial charge in [-0.2, -0.15) is 0 Å². The van der Waals surface area contributed by atoms with Crippen molar-refractivity contribution in [3.8, 4) is 0 Å². The van der Waals surface area contributed by atoms with Crippen LogP contribution in [0.15, 0.2) is 18.3 Å². The maximum Gasteiger partial charge on any atom is 0.226 e. The van der Waals surface area contributed by atoms with Gasteiger partial charge in [-0.25, -0.2) is 4.98 Å². The van der Waals surface area contributed by atoms with Crippen LogP contribution in [-0.2, 0) is 22.4 Å². The fourth-order valence-corrected chi connectivity index (χ4v) is 3.56. The minimum Gasteiger partial charge on any atom is -0.378 e. The Labute approximate surface area is 129 Å². The van der Waals surface area contributed by atoms with Crippen LogP contribution in [0, 0.1) is 12.8 Å². The van der Waals surface area contributed by atoms with Crippen molar-refractivity contribution in [1.82, 2.24) is 14.3 Å². The molecule has 22 heavy (non-hydrogen) atoms. The minimum absolute atomic E-state index is 0.0896. The van der Waals surface area contributed by atoms with Crippen LogP contribution in [-0.4, -0.2) is 46.5 Å². The molecule has 0 aromatic carbocycles. The molecule has 0 bridgehead atoms. The molecule has 2 aliphatic rings. The maximum absolute atomic E-state index is 12.7. The molecule has 3 heterocycles. The highest BCUT2D eigenvalue weighted by atomic mass is 16.5. The summed E-state index contributed by atoms with van der Waals surface area (Å²) in [6.45, 7) is 4.87. The van der Waals surface area contributed by atoms with Crippen LogP contribution < -0.4 is 0 Å². The average molecular weight is 299 g/mol. The van der Waals surface area contributed by atoms with E-state index in [1.54, 1.807) is 0 Å². The second kappa shape index (κ2) is 5.39. The first kappa shape index (κ1) is 13.8. The number of carbonyl (C=O) groups is 1. The highest BCUT2D eigenvalue weighted by Gasteiger charge is 2.31. The molecule has 1 unspecified atom stereocenters. The van der Waals surface area contributed by atoms with Crippen molar-refractivity contribution in [2.75, 3.05) is 26.3 Å². The Bertz CT molecular complexity index is 716. The van der Waals surface area contributed by atoms with Crippen LogP contribution in [0.25, 0.3) is 5.65 Å². The molecule has 0 radical (unpaired) electrons. The third-order valence-corrected chi connectivity index (χ3v) is 4.80. The largest absolute Gasteiger partial charge is 0.378 e. The second-order valence-corrected chi connectivity index (χ2v) is 6.31. The quantitative estimate of drug-likeness (QED) is 0.803. The van der Waals surface area contributed by atoms with Crippen molar-refractivity contribution < 1.29 is 9.53 Å². The summed E-state index contributed by atoms with van der Waals surface area (Å²) >= 11 is 0. The lowest BCUT2D eigenvalue weighted by Gasteiger charge is -2.31. The van der Waals surface area contributed by atoms with Gasteiger partial charge in [-0.3, -0.25) is 4.79 Å². The summed E-state index contributed by atoms with van der Waals surface area (Å²) in [5.74, 6) is 0.378. The summed E-state index contributed by atoms with van der Waals surface area (Å²) < 4.78 is 7.50. The smallest absolute Gasteiger partial charge is 0.226 e. The number of aryl methyl sites for hydroxylation is 2.